The largest absolute Gasteiger partial charge is 0.507 e. The summed E-state index contributed by atoms with van der Waals surface area (Å²) in [6, 6.07) is 15.1. The van der Waals surface area contributed by atoms with Gasteiger partial charge in [-0.2, -0.15) is 0 Å². The summed E-state index contributed by atoms with van der Waals surface area (Å²) in [5, 5.41) is 11.4. The Morgan fingerprint density at radius 1 is 1.08 bits per heavy atom. The van der Waals surface area contributed by atoms with Crippen LogP contribution in [0.15, 0.2) is 72.6 Å². The van der Waals surface area contributed by atoms with Gasteiger partial charge in [0, 0.05) is 24.5 Å². The quantitative estimate of drug-likeness (QED) is 0.208. The number of amides is 1. The summed E-state index contributed by atoms with van der Waals surface area (Å²) >= 11 is 0. The van der Waals surface area contributed by atoms with Crippen molar-refractivity contribution < 1.29 is 28.9 Å². The van der Waals surface area contributed by atoms with Crippen molar-refractivity contribution in [1.82, 2.24) is 9.88 Å². The van der Waals surface area contributed by atoms with E-state index in [2.05, 4.69) is 11.9 Å². The fraction of sp³-hybridized carbons (Fsp3) is 0.276. The molecule has 0 spiro atoms. The SMILES string of the molecule is CCCCOc1cccc([C@H]2C(=C(O)c3ccc4c(c3)OCCO4)C(=O)C(=O)N2Cc2cccnc2)c1. The molecule has 2 aromatic carbocycles. The first-order valence-electron chi connectivity index (χ1n) is 12.4. The molecule has 3 heterocycles. The predicted octanol–water partition coefficient (Wildman–Crippen LogP) is 4.65. The lowest BCUT2D eigenvalue weighted by atomic mass is 9.95. The van der Waals surface area contributed by atoms with Gasteiger partial charge in [-0.3, -0.25) is 14.6 Å². The molecule has 0 bridgehead atoms. The minimum absolute atomic E-state index is 0.0104. The van der Waals surface area contributed by atoms with Gasteiger partial charge in [0.15, 0.2) is 11.5 Å². The first-order chi connectivity index (χ1) is 18.1. The van der Waals surface area contributed by atoms with Crippen molar-refractivity contribution in [1.29, 1.82) is 0 Å². The normalized spacial score (nSPS) is 18.2. The molecule has 1 amide bonds. The van der Waals surface area contributed by atoms with Crippen LogP contribution in [0.25, 0.3) is 5.76 Å². The fourth-order valence-corrected chi connectivity index (χ4v) is 4.53. The lowest BCUT2D eigenvalue weighted by Crippen LogP contribution is -2.29. The number of aliphatic hydroxyl groups excluding tert-OH is 1. The summed E-state index contributed by atoms with van der Waals surface area (Å²) in [5.41, 5.74) is 1.81. The monoisotopic (exact) mass is 500 g/mol. The van der Waals surface area contributed by atoms with Gasteiger partial charge in [-0.25, -0.2) is 0 Å². The number of hydrogen-bond acceptors (Lipinski definition) is 7. The Bertz CT molecular complexity index is 1340. The molecule has 0 saturated carbocycles. The third kappa shape index (κ3) is 5.00. The number of nitrogens with zero attached hydrogens (tertiary/aromatic N) is 2. The van der Waals surface area contributed by atoms with Crippen LogP contribution in [0.1, 0.15) is 42.5 Å². The second-order valence-corrected chi connectivity index (χ2v) is 8.92. The van der Waals surface area contributed by atoms with E-state index in [9.17, 15) is 14.7 Å². The van der Waals surface area contributed by atoms with Crippen LogP contribution in [-0.4, -0.2) is 46.5 Å². The average Bonchev–Trinajstić information content (AvgIpc) is 3.18. The molecule has 2 aliphatic heterocycles. The van der Waals surface area contributed by atoms with E-state index in [0.717, 1.165) is 18.4 Å². The Labute approximate surface area is 215 Å². The zero-order valence-electron chi connectivity index (χ0n) is 20.6. The van der Waals surface area contributed by atoms with E-state index in [1.54, 1.807) is 36.7 Å². The maximum absolute atomic E-state index is 13.4. The summed E-state index contributed by atoms with van der Waals surface area (Å²) in [5.74, 6) is -0.0385. The van der Waals surface area contributed by atoms with Crippen LogP contribution in [0.4, 0.5) is 0 Å². The van der Waals surface area contributed by atoms with Crippen LogP contribution in [0.5, 0.6) is 17.2 Å². The predicted molar refractivity (Wildman–Crippen MR) is 136 cm³/mol. The highest BCUT2D eigenvalue weighted by Crippen LogP contribution is 2.42. The molecule has 37 heavy (non-hydrogen) atoms. The third-order valence-electron chi connectivity index (χ3n) is 6.37. The molecule has 190 valence electrons. The second kappa shape index (κ2) is 10.7. The molecule has 1 aromatic heterocycles. The van der Waals surface area contributed by atoms with Crippen molar-refractivity contribution in [3.05, 3.63) is 89.3 Å². The Balaban J connectivity index is 1.59. The van der Waals surface area contributed by atoms with E-state index in [4.69, 9.17) is 14.2 Å². The van der Waals surface area contributed by atoms with Gasteiger partial charge >= 0.3 is 0 Å². The molecule has 0 unspecified atom stereocenters. The third-order valence-corrected chi connectivity index (χ3v) is 6.37. The van der Waals surface area contributed by atoms with Crippen LogP contribution in [0.3, 0.4) is 0 Å². The molecule has 8 nitrogen and oxygen atoms in total. The van der Waals surface area contributed by atoms with Crippen molar-refractivity contribution in [2.24, 2.45) is 0 Å². The number of benzene rings is 2. The van der Waals surface area contributed by atoms with Gasteiger partial charge < -0.3 is 24.2 Å². The van der Waals surface area contributed by atoms with Crippen LogP contribution < -0.4 is 14.2 Å². The molecular weight excluding hydrogens is 472 g/mol. The molecule has 5 rings (SSSR count). The fourth-order valence-electron chi connectivity index (χ4n) is 4.53. The molecule has 1 N–H and O–H groups in total. The summed E-state index contributed by atoms with van der Waals surface area (Å²) in [4.78, 5) is 32.3. The Hall–Kier alpha value is -4.33. The van der Waals surface area contributed by atoms with E-state index in [0.29, 0.717) is 48.2 Å². The number of carbonyl (C=O) groups is 2. The van der Waals surface area contributed by atoms with Crippen LogP contribution in [0.2, 0.25) is 0 Å². The molecule has 0 radical (unpaired) electrons. The van der Waals surface area contributed by atoms with E-state index < -0.39 is 17.7 Å². The molecule has 3 aromatic rings. The first kappa shape index (κ1) is 24.4. The van der Waals surface area contributed by atoms with Gasteiger partial charge in [0.05, 0.1) is 18.2 Å². The highest BCUT2D eigenvalue weighted by molar-refractivity contribution is 6.46. The number of rotatable bonds is 8. The van der Waals surface area contributed by atoms with Gasteiger partial charge in [0.25, 0.3) is 11.7 Å². The van der Waals surface area contributed by atoms with Gasteiger partial charge in [-0.05, 0) is 53.9 Å². The minimum atomic E-state index is -0.817. The van der Waals surface area contributed by atoms with Crippen LogP contribution in [0, 0.1) is 0 Å². The number of pyridine rings is 1. The van der Waals surface area contributed by atoms with Gasteiger partial charge in [-0.15, -0.1) is 0 Å². The highest BCUT2D eigenvalue weighted by atomic mass is 16.6. The van der Waals surface area contributed by atoms with Crippen LogP contribution >= 0.6 is 0 Å². The number of ketones is 1. The number of hydrogen-bond donors (Lipinski definition) is 1. The Morgan fingerprint density at radius 3 is 2.70 bits per heavy atom. The highest BCUT2D eigenvalue weighted by Gasteiger charge is 2.46. The van der Waals surface area contributed by atoms with E-state index in [1.165, 1.54) is 4.90 Å². The zero-order valence-corrected chi connectivity index (χ0v) is 20.6. The number of unbranched alkanes of at least 4 members (excludes halogenated alkanes) is 1. The zero-order chi connectivity index (χ0) is 25.8. The molecule has 2 aliphatic rings. The van der Waals surface area contributed by atoms with E-state index >= 15 is 0 Å². The number of likely N-dealkylation sites (tertiary alicyclic amines) is 1. The van der Waals surface area contributed by atoms with Crippen molar-refractivity contribution in [3.8, 4) is 17.2 Å². The Morgan fingerprint density at radius 2 is 1.92 bits per heavy atom. The average molecular weight is 501 g/mol. The van der Waals surface area contributed by atoms with Crippen molar-refractivity contribution >= 4 is 17.4 Å². The molecule has 0 aliphatic carbocycles. The summed E-state index contributed by atoms with van der Waals surface area (Å²) in [6.07, 6.45) is 5.21. The summed E-state index contributed by atoms with van der Waals surface area (Å²) in [6.45, 7) is 3.63. The number of carbonyl (C=O) groups excluding carboxylic acids is 2. The number of aliphatic hydroxyl groups is 1. The van der Waals surface area contributed by atoms with E-state index in [1.807, 2.05) is 30.3 Å². The van der Waals surface area contributed by atoms with Crippen molar-refractivity contribution in [3.63, 3.8) is 0 Å². The smallest absolute Gasteiger partial charge is 0.295 e. The van der Waals surface area contributed by atoms with Gasteiger partial charge in [0.1, 0.15) is 24.7 Å². The van der Waals surface area contributed by atoms with Crippen molar-refractivity contribution in [2.45, 2.75) is 32.4 Å². The Kier molecular flexibility index (Phi) is 7.07. The molecular formula is C29H28N2O6. The maximum atomic E-state index is 13.4. The van der Waals surface area contributed by atoms with E-state index in [-0.39, 0.29) is 17.9 Å². The molecule has 8 heteroatoms. The lowest BCUT2D eigenvalue weighted by molar-refractivity contribution is -0.140. The first-order valence-corrected chi connectivity index (χ1v) is 12.4. The topological polar surface area (TPSA) is 98.2 Å². The van der Waals surface area contributed by atoms with Gasteiger partial charge in [-0.1, -0.05) is 31.5 Å². The molecule has 1 saturated heterocycles. The second-order valence-electron chi connectivity index (χ2n) is 8.92. The summed E-state index contributed by atoms with van der Waals surface area (Å²) < 4.78 is 17.1. The standard InChI is InChI=1S/C29H28N2O6/c1-2-3-12-35-22-8-4-7-20(15-22)26-25(27(32)21-9-10-23-24(16-21)37-14-13-36-23)28(33)29(34)31(26)18-19-6-5-11-30-17-19/h4-11,15-17,26,32H,2-3,12-14,18H2,1H3/t26-/m0/s1. The minimum Gasteiger partial charge on any atom is -0.507 e. The van der Waals surface area contributed by atoms with Crippen LogP contribution in [-0.2, 0) is 16.1 Å². The number of fused-ring (bicyclic) bond motifs is 1. The number of Topliss-reactive ketones (excluding diaryl/α,β-unsaturated/α-hetero) is 1. The lowest BCUT2D eigenvalue weighted by Gasteiger charge is -2.26. The van der Waals surface area contributed by atoms with Gasteiger partial charge in [0.2, 0.25) is 0 Å². The maximum Gasteiger partial charge on any atom is 0.295 e. The summed E-state index contributed by atoms with van der Waals surface area (Å²) in [7, 11) is 0. The molecule has 1 atom stereocenters. The number of ether oxygens (including phenoxy) is 3. The molecule has 1 fully saturated rings. The van der Waals surface area contributed by atoms with Crippen molar-refractivity contribution in [2.75, 3.05) is 19.8 Å². The number of aromatic nitrogens is 1.